The Morgan fingerprint density at radius 2 is 1.75 bits per heavy atom. The first-order chi connectivity index (χ1) is 5.26. The molecule has 0 amide bonds. The van der Waals surface area contributed by atoms with Crippen LogP contribution in [-0.4, -0.2) is 23.8 Å². The number of nitrogens with zero attached hydrogens (tertiary/aromatic N) is 1. The first-order valence-electron chi connectivity index (χ1n) is 4.83. The minimum Gasteiger partial charge on any atom is -0.633 e. The zero-order valence-electron chi connectivity index (χ0n) is 8.92. The summed E-state index contributed by atoms with van der Waals surface area (Å²) < 4.78 is -0.0382. The summed E-state index contributed by atoms with van der Waals surface area (Å²) in [7, 11) is 1.83. The number of hydrogen-bond acceptors (Lipinski definition) is 1. The second kappa shape index (κ2) is 2.71. The highest BCUT2D eigenvalue weighted by atomic mass is 16.5. The number of likely N-dealkylation sites (tertiary alicyclic amines) is 1. The molecule has 1 heterocycles. The Morgan fingerprint density at radius 1 is 1.25 bits per heavy atom. The van der Waals surface area contributed by atoms with E-state index in [1.807, 2.05) is 7.05 Å². The smallest absolute Gasteiger partial charge is 0.0938 e. The van der Waals surface area contributed by atoms with Crippen LogP contribution in [0.2, 0.25) is 0 Å². The first kappa shape index (κ1) is 10.0. The van der Waals surface area contributed by atoms with Crippen LogP contribution < -0.4 is 0 Å². The van der Waals surface area contributed by atoms with E-state index in [9.17, 15) is 5.21 Å². The van der Waals surface area contributed by atoms with Crippen molar-refractivity contribution in [2.45, 2.75) is 52.6 Å². The summed E-state index contributed by atoms with van der Waals surface area (Å²) in [5.74, 6) is 0. The minimum absolute atomic E-state index is 0.0382. The van der Waals surface area contributed by atoms with Gasteiger partial charge in [0.1, 0.15) is 0 Å². The molecule has 0 aromatic carbocycles. The predicted molar refractivity (Wildman–Crippen MR) is 51.5 cm³/mol. The average molecular weight is 171 g/mol. The highest BCUT2D eigenvalue weighted by molar-refractivity contribution is 4.82. The van der Waals surface area contributed by atoms with E-state index in [-0.39, 0.29) is 22.1 Å². The Balaban J connectivity index is 2.82. The van der Waals surface area contributed by atoms with Crippen LogP contribution in [-0.2, 0) is 0 Å². The Hall–Kier alpha value is -0.0800. The van der Waals surface area contributed by atoms with Crippen LogP contribution in [0.15, 0.2) is 0 Å². The molecule has 72 valence electrons. The molecule has 3 atom stereocenters. The van der Waals surface area contributed by atoms with Gasteiger partial charge in [-0.3, -0.25) is 0 Å². The highest BCUT2D eigenvalue weighted by Gasteiger charge is 2.43. The molecule has 0 saturated carbocycles. The van der Waals surface area contributed by atoms with Gasteiger partial charge in [0, 0.05) is 18.3 Å². The molecule has 0 bridgehead atoms. The third-order valence-electron chi connectivity index (χ3n) is 3.35. The summed E-state index contributed by atoms with van der Waals surface area (Å²) in [6, 6.07) is 0.571. The van der Waals surface area contributed by atoms with Gasteiger partial charge in [0.25, 0.3) is 0 Å². The van der Waals surface area contributed by atoms with E-state index in [0.717, 1.165) is 12.8 Å². The van der Waals surface area contributed by atoms with Gasteiger partial charge in [0.05, 0.1) is 19.1 Å². The summed E-state index contributed by atoms with van der Waals surface area (Å²) in [6.45, 7) is 8.58. The fourth-order valence-electron chi connectivity index (χ4n) is 2.42. The molecule has 0 spiro atoms. The van der Waals surface area contributed by atoms with Gasteiger partial charge in [0.2, 0.25) is 0 Å². The molecule has 2 heteroatoms. The van der Waals surface area contributed by atoms with Crippen molar-refractivity contribution in [2.75, 3.05) is 7.05 Å². The maximum absolute atomic E-state index is 12.1. The van der Waals surface area contributed by atoms with E-state index in [1.165, 1.54) is 0 Å². The van der Waals surface area contributed by atoms with Crippen molar-refractivity contribution in [1.82, 2.24) is 0 Å². The van der Waals surface area contributed by atoms with Gasteiger partial charge in [-0.1, -0.05) is 20.8 Å². The molecule has 0 radical (unpaired) electrons. The molecule has 0 N–H and O–H groups in total. The fourth-order valence-corrected chi connectivity index (χ4v) is 2.42. The van der Waals surface area contributed by atoms with Crippen molar-refractivity contribution in [3.8, 4) is 0 Å². The molecular weight excluding hydrogens is 150 g/mol. The number of quaternary nitrogens is 1. The van der Waals surface area contributed by atoms with Crippen molar-refractivity contribution >= 4 is 0 Å². The average Bonchev–Trinajstić information content (AvgIpc) is 2.06. The largest absolute Gasteiger partial charge is 0.633 e. The molecule has 0 aromatic heterocycles. The third-order valence-corrected chi connectivity index (χ3v) is 3.35. The van der Waals surface area contributed by atoms with Crippen LogP contribution in [0.5, 0.6) is 0 Å². The van der Waals surface area contributed by atoms with E-state index in [2.05, 4.69) is 27.7 Å². The van der Waals surface area contributed by atoms with Crippen LogP contribution in [0.25, 0.3) is 0 Å². The van der Waals surface area contributed by atoms with Crippen molar-refractivity contribution in [1.29, 1.82) is 0 Å². The Labute approximate surface area is 75.7 Å². The molecule has 1 aliphatic heterocycles. The van der Waals surface area contributed by atoms with Gasteiger partial charge >= 0.3 is 0 Å². The van der Waals surface area contributed by atoms with Crippen LogP contribution in [0.1, 0.15) is 40.5 Å². The molecule has 1 fully saturated rings. The molecule has 2 nitrogen and oxygen atoms in total. The topological polar surface area (TPSA) is 23.1 Å². The normalized spacial score (nSPS) is 43.5. The van der Waals surface area contributed by atoms with Gasteiger partial charge < -0.3 is 9.85 Å². The zero-order valence-corrected chi connectivity index (χ0v) is 8.92. The number of rotatable bonds is 0. The third kappa shape index (κ3) is 1.50. The summed E-state index contributed by atoms with van der Waals surface area (Å²) in [4.78, 5) is 0. The van der Waals surface area contributed by atoms with Crippen LogP contribution in [0.4, 0.5) is 0 Å². The quantitative estimate of drug-likeness (QED) is 0.406. The van der Waals surface area contributed by atoms with Crippen molar-refractivity contribution < 1.29 is 4.65 Å². The van der Waals surface area contributed by atoms with E-state index in [0.29, 0.717) is 0 Å². The van der Waals surface area contributed by atoms with E-state index < -0.39 is 0 Å². The Morgan fingerprint density at radius 3 is 1.92 bits per heavy atom. The lowest BCUT2D eigenvalue weighted by molar-refractivity contribution is -0.901. The molecule has 12 heavy (non-hydrogen) atoms. The molecule has 1 saturated heterocycles. The second-order valence-electron chi connectivity index (χ2n) is 5.37. The highest BCUT2D eigenvalue weighted by Crippen LogP contribution is 2.39. The van der Waals surface area contributed by atoms with Crippen LogP contribution in [0.3, 0.4) is 0 Å². The molecule has 1 unspecified atom stereocenters. The van der Waals surface area contributed by atoms with Gasteiger partial charge in [-0.2, -0.15) is 0 Å². The lowest BCUT2D eigenvalue weighted by atomic mass is 9.85. The number of hydroxylamine groups is 3. The summed E-state index contributed by atoms with van der Waals surface area (Å²) in [5, 5.41) is 12.1. The molecule has 0 aromatic rings. The van der Waals surface area contributed by atoms with Crippen LogP contribution in [0, 0.1) is 10.6 Å². The Bertz CT molecular complexity index is 169. The molecule has 1 rings (SSSR count). The SMILES string of the molecule is C[C@@H]1CC[C@H](C(C)(C)C)[N+]1(C)[O-]. The lowest BCUT2D eigenvalue weighted by Gasteiger charge is -2.49. The van der Waals surface area contributed by atoms with Gasteiger partial charge in [0.15, 0.2) is 0 Å². The van der Waals surface area contributed by atoms with Crippen molar-refractivity contribution in [2.24, 2.45) is 5.41 Å². The fraction of sp³-hybridized carbons (Fsp3) is 1.00. The van der Waals surface area contributed by atoms with Gasteiger partial charge in [-0.25, -0.2) is 0 Å². The van der Waals surface area contributed by atoms with E-state index >= 15 is 0 Å². The van der Waals surface area contributed by atoms with Crippen LogP contribution >= 0.6 is 0 Å². The summed E-state index contributed by atoms with van der Waals surface area (Å²) in [5.41, 5.74) is 0.154. The summed E-state index contributed by atoms with van der Waals surface area (Å²) >= 11 is 0. The lowest BCUT2D eigenvalue weighted by Crippen LogP contribution is -2.52. The Kier molecular flexibility index (Phi) is 2.26. The molecular formula is C10H21NO. The zero-order chi connectivity index (χ0) is 9.57. The van der Waals surface area contributed by atoms with E-state index in [4.69, 9.17) is 0 Å². The maximum Gasteiger partial charge on any atom is 0.0938 e. The van der Waals surface area contributed by atoms with Gasteiger partial charge in [-0.15, -0.1) is 0 Å². The van der Waals surface area contributed by atoms with Crippen molar-refractivity contribution in [3.63, 3.8) is 0 Å². The second-order valence-corrected chi connectivity index (χ2v) is 5.37. The molecule has 1 aliphatic rings. The molecule has 0 aliphatic carbocycles. The predicted octanol–water partition coefficient (Wildman–Crippen LogP) is 2.53. The van der Waals surface area contributed by atoms with Crippen molar-refractivity contribution in [3.05, 3.63) is 5.21 Å². The minimum atomic E-state index is -0.0382. The monoisotopic (exact) mass is 171 g/mol. The maximum atomic E-state index is 12.1. The number of hydrogen-bond donors (Lipinski definition) is 0. The van der Waals surface area contributed by atoms with E-state index in [1.54, 1.807) is 0 Å². The standard InChI is InChI=1S/C10H21NO/c1-8-6-7-9(10(2,3)4)11(8,5)12/h8-9H,6-7H2,1-5H3/t8-,9-,11?/m1/s1. The summed E-state index contributed by atoms with van der Waals surface area (Å²) in [6.07, 6.45) is 2.17. The van der Waals surface area contributed by atoms with Gasteiger partial charge in [-0.05, 0) is 6.92 Å². The first-order valence-corrected chi connectivity index (χ1v) is 4.83.